The Morgan fingerprint density at radius 2 is 1.96 bits per heavy atom. The smallest absolute Gasteiger partial charge is 0.230 e. The van der Waals surface area contributed by atoms with Crippen LogP contribution >= 0.6 is 11.8 Å². The first-order valence-electron chi connectivity index (χ1n) is 7.78. The van der Waals surface area contributed by atoms with Gasteiger partial charge in [-0.1, -0.05) is 36.9 Å². The molecule has 0 aliphatic heterocycles. The first kappa shape index (κ1) is 21.3. The highest BCUT2D eigenvalue weighted by molar-refractivity contribution is 8.14. The van der Waals surface area contributed by atoms with Crippen LogP contribution in [-0.2, 0) is 9.59 Å². The summed E-state index contributed by atoms with van der Waals surface area (Å²) >= 11 is 1.02. The monoisotopic (exact) mass is 340 g/mol. The fourth-order valence-corrected chi connectivity index (χ4v) is 2.09. The molecule has 0 spiro atoms. The summed E-state index contributed by atoms with van der Waals surface area (Å²) in [6.45, 7) is 8.28. The molecule has 1 amide bonds. The molecule has 0 rings (SSSR count). The van der Waals surface area contributed by atoms with Crippen LogP contribution in [0, 0.1) is 0 Å². The molecule has 0 fully saturated rings. The molecule has 0 bridgehead atoms. The highest BCUT2D eigenvalue weighted by Crippen LogP contribution is 2.05. The summed E-state index contributed by atoms with van der Waals surface area (Å²) in [5.74, 6) is 0.371. The second kappa shape index (κ2) is 13.9. The lowest BCUT2D eigenvalue weighted by atomic mass is 10.1. The molecule has 3 N–H and O–H groups in total. The predicted octanol–water partition coefficient (Wildman–Crippen LogP) is 3.06. The minimum atomic E-state index is -0.0975. The molecule has 0 heterocycles. The van der Waals surface area contributed by atoms with E-state index in [2.05, 4.69) is 17.2 Å². The number of carbonyl (C=O) groups is 2. The highest BCUT2D eigenvalue weighted by atomic mass is 32.2. The second-order valence-corrected chi connectivity index (χ2v) is 6.23. The Kier molecular flexibility index (Phi) is 12.9. The maximum Gasteiger partial charge on any atom is 0.230 e. The largest absolute Gasteiger partial charge is 0.510 e. The molecule has 0 atom stereocenters. The van der Waals surface area contributed by atoms with Crippen LogP contribution in [-0.4, -0.2) is 35.0 Å². The lowest BCUT2D eigenvalue weighted by Gasteiger charge is -2.09. The molecule has 6 heteroatoms. The Bertz CT molecular complexity index is 445. The van der Waals surface area contributed by atoms with E-state index >= 15 is 0 Å². The van der Waals surface area contributed by atoms with E-state index in [4.69, 9.17) is 0 Å². The quantitative estimate of drug-likeness (QED) is 0.289. The Morgan fingerprint density at radius 1 is 1.22 bits per heavy atom. The highest BCUT2D eigenvalue weighted by Gasteiger charge is 2.03. The molecule has 130 valence electrons. The number of nitrogens with one attached hydrogen (secondary N) is 2. The fourth-order valence-electron chi connectivity index (χ4n) is 1.66. The van der Waals surface area contributed by atoms with Gasteiger partial charge in [0.05, 0.1) is 12.3 Å². The number of carbonyl (C=O) groups excluding carboxylic acids is 2. The van der Waals surface area contributed by atoms with E-state index in [0.29, 0.717) is 13.1 Å². The molecular weight excluding hydrogens is 312 g/mol. The summed E-state index contributed by atoms with van der Waals surface area (Å²) in [5, 5.41) is 15.4. The van der Waals surface area contributed by atoms with Crippen molar-refractivity contribution in [1.82, 2.24) is 10.6 Å². The van der Waals surface area contributed by atoms with E-state index in [0.717, 1.165) is 43.1 Å². The van der Waals surface area contributed by atoms with Gasteiger partial charge in [-0.25, -0.2) is 0 Å². The van der Waals surface area contributed by atoms with Gasteiger partial charge in [0.2, 0.25) is 5.91 Å². The van der Waals surface area contributed by atoms with Crippen molar-refractivity contribution in [2.45, 2.75) is 39.5 Å². The minimum Gasteiger partial charge on any atom is -0.510 e. The molecule has 5 nitrogen and oxygen atoms in total. The zero-order chi connectivity index (χ0) is 17.5. The molecule has 23 heavy (non-hydrogen) atoms. The first-order chi connectivity index (χ1) is 11.0. The number of hydrogen-bond acceptors (Lipinski definition) is 5. The van der Waals surface area contributed by atoms with E-state index in [1.54, 1.807) is 12.2 Å². The molecular formula is C17H28N2O3S. The molecule has 0 aromatic heterocycles. The number of hydrogen-bond donors (Lipinski definition) is 3. The van der Waals surface area contributed by atoms with Crippen molar-refractivity contribution in [3.8, 4) is 0 Å². The van der Waals surface area contributed by atoms with Crippen LogP contribution in [0.25, 0.3) is 0 Å². The third-order valence-corrected chi connectivity index (χ3v) is 3.70. The average Bonchev–Trinajstić information content (AvgIpc) is 2.52. The van der Waals surface area contributed by atoms with Crippen molar-refractivity contribution in [1.29, 1.82) is 0 Å². The molecule has 0 aromatic rings. The summed E-state index contributed by atoms with van der Waals surface area (Å²) in [4.78, 5) is 22.1. The molecule has 0 aliphatic carbocycles. The van der Waals surface area contributed by atoms with Gasteiger partial charge in [0, 0.05) is 19.2 Å². The maximum absolute atomic E-state index is 11.4. The SMILES string of the molecule is C=C(CCCCCNC(=O)CSC(C)=O)NC/C(O)=C/C=C/C. The summed E-state index contributed by atoms with van der Waals surface area (Å²) in [6.07, 6.45) is 8.98. The molecule has 0 aliphatic rings. The van der Waals surface area contributed by atoms with Crippen LogP contribution in [0.15, 0.2) is 36.3 Å². The van der Waals surface area contributed by atoms with Crippen molar-refractivity contribution in [2.75, 3.05) is 18.8 Å². The summed E-state index contributed by atoms with van der Waals surface area (Å²) in [7, 11) is 0. The standard InChI is InChI=1S/C17H28N2O3S/c1-4-5-10-16(21)12-19-14(2)9-7-6-8-11-18-17(22)13-23-15(3)20/h4-5,10,19,21H,2,6-9,11-13H2,1,3H3,(H,18,22)/b5-4+,16-10-. The Hall–Kier alpha value is -1.69. The van der Waals surface area contributed by atoms with Gasteiger partial charge in [-0.3, -0.25) is 9.59 Å². The van der Waals surface area contributed by atoms with Gasteiger partial charge in [-0.2, -0.15) is 0 Å². The third-order valence-electron chi connectivity index (χ3n) is 2.88. The second-order valence-electron chi connectivity index (χ2n) is 5.08. The predicted molar refractivity (Wildman–Crippen MR) is 97.3 cm³/mol. The van der Waals surface area contributed by atoms with Crippen LogP contribution in [0.4, 0.5) is 0 Å². The third kappa shape index (κ3) is 15.0. The molecule has 0 saturated carbocycles. The van der Waals surface area contributed by atoms with Gasteiger partial charge in [0.1, 0.15) is 5.76 Å². The van der Waals surface area contributed by atoms with Gasteiger partial charge in [0.15, 0.2) is 5.12 Å². The lowest BCUT2D eigenvalue weighted by molar-refractivity contribution is -0.118. The normalized spacial score (nSPS) is 11.5. The van der Waals surface area contributed by atoms with Crippen molar-refractivity contribution < 1.29 is 14.7 Å². The summed E-state index contributed by atoms with van der Waals surface area (Å²) in [6, 6.07) is 0. The van der Waals surface area contributed by atoms with Crippen molar-refractivity contribution in [2.24, 2.45) is 0 Å². The molecule has 0 aromatic carbocycles. The van der Waals surface area contributed by atoms with E-state index in [9.17, 15) is 14.7 Å². The van der Waals surface area contributed by atoms with E-state index in [1.807, 2.05) is 13.0 Å². The number of unbranched alkanes of at least 4 members (excludes halogenated alkanes) is 2. The average molecular weight is 340 g/mol. The molecule has 0 radical (unpaired) electrons. The van der Waals surface area contributed by atoms with Crippen LogP contribution in [0.2, 0.25) is 0 Å². The topological polar surface area (TPSA) is 78.4 Å². The number of thioether (sulfide) groups is 1. The minimum absolute atomic E-state index is 0.0437. The zero-order valence-corrected chi connectivity index (χ0v) is 14.9. The van der Waals surface area contributed by atoms with Crippen molar-refractivity contribution >= 4 is 22.8 Å². The van der Waals surface area contributed by atoms with E-state index < -0.39 is 0 Å². The molecule has 0 saturated heterocycles. The number of amides is 1. The Labute approximate surface area is 143 Å². The van der Waals surface area contributed by atoms with E-state index in [-0.39, 0.29) is 22.5 Å². The maximum atomic E-state index is 11.4. The zero-order valence-electron chi connectivity index (χ0n) is 14.1. The van der Waals surface area contributed by atoms with Crippen molar-refractivity contribution in [3.05, 3.63) is 36.3 Å². The van der Waals surface area contributed by atoms with Gasteiger partial charge >= 0.3 is 0 Å². The Balaban J connectivity index is 3.55. The Morgan fingerprint density at radius 3 is 2.61 bits per heavy atom. The van der Waals surface area contributed by atoms with E-state index in [1.165, 1.54) is 6.92 Å². The fraction of sp³-hybridized carbons (Fsp3) is 0.529. The summed E-state index contributed by atoms with van der Waals surface area (Å²) < 4.78 is 0. The van der Waals surface area contributed by atoms with Crippen LogP contribution in [0.5, 0.6) is 0 Å². The van der Waals surface area contributed by atoms with Crippen molar-refractivity contribution in [3.63, 3.8) is 0 Å². The number of aliphatic hydroxyl groups excluding tert-OH is 1. The van der Waals surface area contributed by atoms with Crippen LogP contribution in [0.3, 0.4) is 0 Å². The summed E-state index contributed by atoms with van der Waals surface area (Å²) in [5.41, 5.74) is 0.896. The van der Waals surface area contributed by atoms with Gasteiger partial charge in [0.25, 0.3) is 0 Å². The van der Waals surface area contributed by atoms with Gasteiger partial charge < -0.3 is 15.7 Å². The van der Waals surface area contributed by atoms with Crippen LogP contribution in [0.1, 0.15) is 39.5 Å². The first-order valence-corrected chi connectivity index (χ1v) is 8.76. The number of allylic oxidation sites excluding steroid dienone is 4. The number of rotatable bonds is 12. The molecule has 0 unspecified atom stereocenters. The van der Waals surface area contributed by atoms with Gasteiger partial charge in [-0.15, -0.1) is 0 Å². The lowest BCUT2D eigenvalue weighted by Crippen LogP contribution is -2.26. The van der Waals surface area contributed by atoms with Gasteiger partial charge in [-0.05, 0) is 32.3 Å². The number of aliphatic hydroxyl groups is 1. The van der Waals surface area contributed by atoms with Crippen LogP contribution < -0.4 is 10.6 Å².